The zero-order chi connectivity index (χ0) is 17.4. The number of para-hydroxylation sites is 1. The average Bonchev–Trinajstić information content (AvgIpc) is 2.60. The zero-order valence-corrected chi connectivity index (χ0v) is 14.5. The summed E-state index contributed by atoms with van der Waals surface area (Å²) in [5, 5.41) is 3.00. The molecular weight excluding hydrogens is 304 g/mol. The highest BCUT2D eigenvalue weighted by molar-refractivity contribution is 5.93. The van der Waals surface area contributed by atoms with Gasteiger partial charge < -0.3 is 16.0 Å². The number of anilines is 1. The predicted molar refractivity (Wildman–Crippen MR) is 95.8 cm³/mol. The van der Waals surface area contributed by atoms with Gasteiger partial charge in [0.1, 0.15) is 0 Å². The first kappa shape index (κ1) is 18.4. The molecular formula is C18H28N4O2. The molecule has 1 aliphatic rings. The lowest BCUT2D eigenvalue weighted by atomic mass is 10.1. The Morgan fingerprint density at radius 3 is 2.54 bits per heavy atom. The number of nitrogens with zero attached hydrogens (tertiary/aromatic N) is 2. The van der Waals surface area contributed by atoms with Gasteiger partial charge in [0.25, 0.3) is 0 Å². The van der Waals surface area contributed by atoms with Crippen molar-refractivity contribution < 1.29 is 9.59 Å². The molecule has 1 aromatic carbocycles. The van der Waals surface area contributed by atoms with E-state index in [-0.39, 0.29) is 11.8 Å². The molecule has 6 heteroatoms. The predicted octanol–water partition coefficient (Wildman–Crippen LogP) is 1.07. The summed E-state index contributed by atoms with van der Waals surface area (Å²) in [6, 6.07) is 7.88. The number of carbonyl (C=O) groups excluding carboxylic acids is 2. The number of rotatable bonds is 7. The molecule has 0 aromatic heterocycles. The molecule has 1 heterocycles. The molecule has 2 amide bonds. The van der Waals surface area contributed by atoms with E-state index >= 15 is 0 Å². The van der Waals surface area contributed by atoms with Gasteiger partial charge in [-0.1, -0.05) is 25.1 Å². The minimum absolute atomic E-state index is 0.00110. The van der Waals surface area contributed by atoms with Gasteiger partial charge in [-0.05, 0) is 31.0 Å². The van der Waals surface area contributed by atoms with E-state index in [1.165, 1.54) is 0 Å². The first-order valence-corrected chi connectivity index (χ1v) is 8.72. The molecule has 2 rings (SSSR count). The van der Waals surface area contributed by atoms with Crippen molar-refractivity contribution in [3.05, 3.63) is 29.8 Å². The Labute approximate surface area is 144 Å². The molecule has 132 valence electrons. The number of benzene rings is 1. The van der Waals surface area contributed by atoms with E-state index in [0.29, 0.717) is 32.6 Å². The lowest BCUT2D eigenvalue weighted by molar-refractivity contribution is -0.133. The van der Waals surface area contributed by atoms with Gasteiger partial charge in [0.15, 0.2) is 0 Å². The van der Waals surface area contributed by atoms with Crippen LogP contribution in [0.5, 0.6) is 0 Å². The van der Waals surface area contributed by atoms with Crippen LogP contribution in [-0.2, 0) is 16.0 Å². The fourth-order valence-corrected chi connectivity index (χ4v) is 2.91. The molecule has 1 saturated heterocycles. The van der Waals surface area contributed by atoms with Gasteiger partial charge in [-0.2, -0.15) is 0 Å². The molecule has 6 nitrogen and oxygen atoms in total. The number of nitrogens with one attached hydrogen (secondary N) is 1. The maximum Gasteiger partial charge on any atom is 0.238 e. The van der Waals surface area contributed by atoms with E-state index in [9.17, 15) is 9.59 Å². The molecule has 0 unspecified atom stereocenters. The van der Waals surface area contributed by atoms with E-state index in [1.807, 2.05) is 29.2 Å². The average molecular weight is 332 g/mol. The molecule has 0 radical (unpaired) electrons. The normalized spacial score (nSPS) is 15.3. The van der Waals surface area contributed by atoms with Crippen LogP contribution in [0.4, 0.5) is 5.69 Å². The van der Waals surface area contributed by atoms with Crippen molar-refractivity contribution in [2.45, 2.75) is 26.2 Å². The van der Waals surface area contributed by atoms with Crippen molar-refractivity contribution in [2.75, 3.05) is 44.6 Å². The number of piperazine rings is 1. The number of nitrogens with two attached hydrogens (primary N) is 1. The summed E-state index contributed by atoms with van der Waals surface area (Å²) in [5.41, 5.74) is 7.47. The molecule has 0 saturated carbocycles. The van der Waals surface area contributed by atoms with Crippen LogP contribution in [-0.4, -0.2) is 60.9 Å². The minimum Gasteiger partial charge on any atom is -0.340 e. The third kappa shape index (κ3) is 5.32. The van der Waals surface area contributed by atoms with Crippen molar-refractivity contribution in [1.82, 2.24) is 9.80 Å². The van der Waals surface area contributed by atoms with Crippen LogP contribution in [0.2, 0.25) is 0 Å². The van der Waals surface area contributed by atoms with Crippen LogP contribution in [0, 0.1) is 0 Å². The smallest absolute Gasteiger partial charge is 0.238 e. The quantitative estimate of drug-likeness (QED) is 0.783. The van der Waals surface area contributed by atoms with Gasteiger partial charge in [0.2, 0.25) is 11.8 Å². The topological polar surface area (TPSA) is 78.7 Å². The summed E-state index contributed by atoms with van der Waals surface area (Å²) in [7, 11) is 0. The van der Waals surface area contributed by atoms with E-state index < -0.39 is 0 Å². The minimum atomic E-state index is -0.00110. The van der Waals surface area contributed by atoms with Gasteiger partial charge in [0.05, 0.1) is 6.54 Å². The monoisotopic (exact) mass is 332 g/mol. The molecule has 1 fully saturated rings. The van der Waals surface area contributed by atoms with Crippen molar-refractivity contribution in [3.8, 4) is 0 Å². The third-order valence-electron chi connectivity index (χ3n) is 4.36. The lowest BCUT2D eigenvalue weighted by Gasteiger charge is -2.34. The molecule has 1 aromatic rings. The number of hydrogen-bond acceptors (Lipinski definition) is 4. The fourth-order valence-electron chi connectivity index (χ4n) is 2.91. The Bertz CT molecular complexity index is 554. The fraction of sp³-hybridized carbons (Fsp3) is 0.556. The molecule has 0 bridgehead atoms. The first-order chi connectivity index (χ1) is 11.6. The number of aryl methyl sites for hydroxylation is 1. The van der Waals surface area contributed by atoms with E-state index in [1.54, 1.807) is 0 Å². The summed E-state index contributed by atoms with van der Waals surface area (Å²) in [6.07, 6.45) is 2.14. The second-order valence-corrected chi connectivity index (χ2v) is 6.11. The Morgan fingerprint density at radius 1 is 1.17 bits per heavy atom. The lowest BCUT2D eigenvalue weighted by Crippen LogP contribution is -2.50. The maximum absolute atomic E-state index is 12.3. The van der Waals surface area contributed by atoms with Crippen LogP contribution in [0.3, 0.4) is 0 Å². The Morgan fingerprint density at radius 2 is 1.88 bits per heavy atom. The summed E-state index contributed by atoms with van der Waals surface area (Å²) in [6.45, 7) is 5.82. The number of amides is 2. The summed E-state index contributed by atoms with van der Waals surface area (Å²) in [5.74, 6) is 0.167. The van der Waals surface area contributed by atoms with Gasteiger partial charge in [0, 0.05) is 38.3 Å². The van der Waals surface area contributed by atoms with Gasteiger partial charge in [-0.15, -0.1) is 0 Å². The molecule has 3 N–H and O–H groups in total. The van der Waals surface area contributed by atoms with Crippen LogP contribution in [0.15, 0.2) is 24.3 Å². The Balaban J connectivity index is 1.77. The van der Waals surface area contributed by atoms with Gasteiger partial charge in [-0.25, -0.2) is 0 Å². The third-order valence-corrected chi connectivity index (χ3v) is 4.36. The van der Waals surface area contributed by atoms with Crippen LogP contribution in [0.1, 0.15) is 25.3 Å². The standard InChI is InChI=1S/C18H28N4O2/c1-2-15-6-3-4-7-16(15)20-17(23)14-21-10-12-22(13-11-21)18(24)8-5-9-19/h3-4,6-7H,2,5,8-14,19H2,1H3,(H,20,23). The summed E-state index contributed by atoms with van der Waals surface area (Å²) in [4.78, 5) is 28.2. The van der Waals surface area contributed by atoms with Gasteiger partial charge >= 0.3 is 0 Å². The van der Waals surface area contributed by atoms with E-state index in [4.69, 9.17) is 5.73 Å². The van der Waals surface area contributed by atoms with Crippen molar-refractivity contribution in [1.29, 1.82) is 0 Å². The van der Waals surface area contributed by atoms with Crippen LogP contribution < -0.4 is 11.1 Å². The van der Waals surface area contributed by atoms with E-state index in [2.05, 4.69) is 17.1 Å². The summed E-state index contributed by atoms with van der Waals surface area (Å²) < 4.78 is 0. The van der Waals surface area contributed by atoms with Crippen LogP contribution >= 0.6 is 0 Å². The largest absolute Gasteiger partial charge is 0.340 e. The molecule has 24 heavy (non-hydrogen) atoms. The highest BCUT2D eigenvalue weighted by Crippen LogP contribution is 2.15. The molecule has 0 aliphatic carbocycles. The Kier molecular flexibility index (Phi) is 7.21. The zero-order valence-electron chi connectivity index (χ0n) is 14.5. The van der Waals surface area contributed by atoms with Crippen molar-refractivity contribution >= 4 is 17.5 Å². The molecule has 1 aliphatic heterocycles. The van der Waals surface area contributed by atoms with Crippen LogP contribution in [0.25, 0.3) is 0 Å². The summed E-state index contributed by atoms with van der Waals surface area (Å²) >= 11 is 0. The highest BCUT2D eigenvalue weighted by atomic mass is 16.2. The number of hydrogen-bond donors (Lipinski definition) is 2. The van der Waals surface area contributed by atoms with Gasteiger partial charge in [-0.3, -0.25) is 14.5 Å². The van der Waals surface area contributed by atoms with Crippen molar-refractivity contribution in [3.63, 3.8) is 0 Å². The SMILES string of the molecule is CCc1ccccc1NC(=O)CN1CCN(C(=O)CCCN)CC1. The maximum atomic E-state index is 12.3. The molecule has 0 atom stereocenters. The second kappa shape index (κ2) is 9.39. The second-order valence-electron chi connectivity index (χ2n) is 6.11. The van der Waals surface area contributed by atoms with Crippen molar-refractivity contribution in [2.24, 2.45) is 5.73 Å². The number of carbonyl (C=O) groups is 2. The highest BCUT2D eigenvalue weighted by Gasteiger charge is 2.22. The van der Waals surface area contributed by atoms with E-state index in [0.717, 1.165) is 37.2 Å². The first-order valence-electron chi connectivity index (χ1n) is 8.72. The Hall–Kier alpha value is -1.92. The molecule has 0 spiro atoms.